The second-order valence-electron chi connectivity index (χ2n) is 9.08. The zero-order valence-electron chi connectivity index (χ0n) is 20.2. The standard InChI is InChI=1S/C27H24F3N3O4S/c1-33-20(15-24(31-33)17-7-3-2-4-8-17)13-19-16-37-25-14-18(11-12-22(25)26(19)34)21-9-5-6-10-23(21)32-38(35,36)27(28,29)30/h2-12,14-15,19,26,32,34H,13,16H2,1H3/t19-,26+/m1/s1. The quantitative estimate of drug-likeness (QED) is 0.344. The van der Waals surface area contributed by atoms with Gasteiger partial charge in [0.2, 0.25) is 0 Å². The highest BCUT2D eigenvalue weighted by Gasteiger charge is 2.46. The lowest BCUT2D eigenvalue weighted by molar-refractivity contribution is -0.0429. The number of ether oxygens (including phenoxy) is 1. The maximum Gasteiger partial charge on any atom is 0.516 e. The highest BCUT2D eigenvalue weighted by molar-refractivity contribution is 7.93. The number of benzene rings is 3. The van der Waals surface area contributed by atoms with E-state index in [0.717, 1.165) is 17.0 Å². The van der Waals surface area contributed by atoms with E-state index >= 15 is 0 Å². The molecule has 2 N–H and O–H groups in total. The number of aryl methyl sites for hydroxylation is 1. The van der Waals surface area contributed by atoms with Crippen LogP contribution in [0, 0.1) is 5.92 Å². The summed E-state index contributed by atoms with van der Waals surface area (Å²) in [5, 5.41) is 15.7. The number of fused-ring (bicyclic) bond motifs is 1. The molecule has 7 nitrogen and oxygen atoms in total. The summed E-state index contributed by atoms with van der Waals surface area (Å²) >= 11 is 0. The number of sulfonamides is 1. The molecular formula is C27H24F3N3O4S. The van der Waals surface area contributed by atoms with Gasteiger partial charge in [-0.15, -0.1) is 0 Å². The van der Waals surface area contributed by atoms with Gasteiger partial charge in [-0.25, -0.2) is 0 Å². The molecule has 0 amide bonds. The molecule has 1 aromatic heterocycles. The largest absolute Gasteiger partial charge is 0.516 e. The highest BCUT2D eigenvalue weighted by Crippen LogP contribution is 2.41. The third-order valence-corrected chi connectivity index (χ3v) is 7.63. The highest BCUT2D eigenvalue weighted by atomic mass is 32.2. The van der Waals surface area contributed by atoms with E-state index in [1.54, 1.807) is 33.7 Å². The molecular weight excluding hydrogens is 519 g/mol. The van der Waals surface area contributed by atoms with Gasteiger partial charge in [0, 0.05) is 35.3 Å². The summed E-state index contributed by atoms with van der Waals surface area (Å²) in [5.74, 6) is 0.132. The van der Waals surface area contributed by atoms with E-state index < -0.39 is 21.6 Å². The number of nitrogens with zero attached hydrogens (tertiary/aromatic N) is 2. The van der Waals surface area contributed by atoms with Gasteiger partial charge in [0.1, 0.15) is 5.75 Å². The zero-order valence-corrected chi connectivity index (χ0v) is 21.0. The zero-order chi connectivity index (χ0) is 27.1. The Morgan fingerprint density at radius 1 is 1.03 bits per heavy atom. The number of aliphatic hydroxyl groups is 1. The predicted molar refractivity (Wildman–Crippen MR) is 137 cm³/mol. The maximum absolute atomic E-state index is 12.9. The van der Waals surface area contributed by atoms with E-state index in [9.17, 15) is 26.7 Å². The fraction of sp³-hybridized carbons (Fsp3) is 0.222. The minimum atomic E-state index is -5.59. The Morgan fingerprint density at radius 3 is 2.47 bits per heavy atom. The van der Waals surface area contributed by atoms with E-state index in [2.05, 4.69) is 5.10 Å². The molecule has 38 heavy (non-hydrogen) atoms. The molecule has 3 aromatic carbocycles. The molecule has 0 radical (unpaired) electrons. The lowest BCUT2D eigenvalue weighted by Gasteiger charge is -2.30. The van der Waals surface area contributed by atoms with E-state index in [-0.39, 0.29) is 23.8 Å². The molecule has 5 rings (SSSR count). The van der Waals surface area contributed by atoms with Crippen LogP contribution in [0.1, 0.15) is 17.4 Å². The van der Waals surface area contributed by atoms with Crippen LogP contribution in [0.25, 0.3) is 22.4 Å². The lowest BCUT2D eigenvalue weighted by atomic mass is 9.88. The molecule has 198 valence electrons. The molecule has 0 saturated heterocycles. The van der Waals surface area contributed by atoms with Crippen LogP contribution < -0.4 is 9.46 Å². The van der Waals surface area contributed by atoms with Crippen molar-refractivity contribution in [3.63, 3.8) is 0 Å². The van der Waals surface area contributed by atoms with Crippen LogP contribution in [0.15, 0.2) is 78.9 Å². The number of halogens is 3. The fourth-order valence-corrected chi connectivity index (χ4v) is 5.11. The minimum absolute atomic E-state index is 0.214. The Labute approximate surface area is 217 Å². The van der Waals surface area contributed by atoms with Crippen molar-refractivity contribution >= 4 is 15.7 Å². The Hall–Kier alpha value is -3.83. The Kier molecular flexibility index (Phi) is 6.66. The second kappa shape index (κ2) is 9.80. The van der Waals surface area contributed by atoms with Crippen molar-refractivity contribution < 1.29 is 31.4 Å². The smallest absolute Gasteiger partial charge is 0.493 e. The summed E-state index contributed by atoms with van der Waals surface area (Å²) in [6.45, 7) is 0.214. The number of hydrogen-bond donors (Lipinski definition) is 2. The lowest BCUT2D eigenvalue weighted by Crippen LogP contribution is -2.30. The predicted octanol–water partition coefficient (Wildman–Crippen LogP) is 5.30. The van der Waals surface area contributed by atoms with Gasteiger partial charge < -0.3 is 9.84 Å². The van der Waals surface area contributed by atoms with Gasteiger partial charge in [0.25, 0.3) is 0 Å². The monoisotopic (exact) mass is 543 g/mol. The summed E-state index contributed by atoms with van der Waals surface area (Å²) in [5.41, 5.74) is -1.69. The molecule has 0 spiro atoms. The van der Waals surface area contributed by atoms with Crippen molar-refractivity contribution in [2.24, 2.45) is 13.0 Å². The van der Waals surface area contributed by atoms with Gasteiger partial charge in [0.05, 0.1) is 24.1 Å². The average Bonchev–Trinajstić information content (AvgIpc) is 3.25. The van der Waals surface area contributed by atoms with E-state index in [0.29, 0.717) is 23.3 Å². The van der Waals surface area contributed by atoms with E-state index in [1.807, 2.05) is 43.4 Å². The van der Waals surface area contributed by atoms with E-state index in [4.69, 9.17) is 4.74 Å². The summed E-state index contributed by atoms with van der Waals surface area (Å²) < 4.78 is 71.5. The van der Waals surface area contributed by atoms with E-state index in [1.165, 1.54) is 18.2 Å². The molecule has 4 aromatic rings. The number of alkyl halides is 3. The first-order valence-corrected chi connectivity index (χ1v) is 13.2. The molecule has 0 fully saturated rings. The Bertz CT molecular complexity index is 1570. The molecule has 0 saturated carbocycles. The summed E-state index contributed by atoms with van der Waals surface area (Å²) in [6, 6.07) is 22.4. The summed E-state index contributed by atoms with van der Waals surface area (Å²) in [6.07, 6.45) is -0.331. The molecule has 11 heteroatoms. The maximum atomic E-state index is 12.9. The third-order valence-electron chi connectivity index (χ3n) is 6.54. The molecule has 1 aliphatic heterocycles. The number of aromatic nitrogens is 2. The fourth-order valence-electron chi connectivity index (χ4n) is 4.53. The first kappa shape index (κ1) is 25.8. The van der Waals surface area contributed by atoms with Crippen LogP contribution in [0.3, 0.4) is 0 Å². The van der Waals surface area contributed by atoms with Crippen molar-refractivity contribution in [2.45, 2.75) is 18.0 Å². The Morgan fingerprint density at radius 2 is 1.74 bits per heavy atom. The molecule has 2 atom stereocenters. The summed E-state index contributed by atoms with van der Waals surface area (Å²) in [7, 11) is -3.74. The van der Waals surface area contributed by atoms with Crippen LogP contribution in [0.4, 0.5) is 18.9 Å². The second-order valence-corrected chi connectivity index (χ2v) is 10.8. The SMILES string of the molecule is Cn1nc(-c2ccccc2)cc1C[C@@H]1COc2cc(-c3ccccc3NS(=O)(=O)C(F)(F)F)ccc2[C@H]1O. The van der Waals surface area contributed by atoms with Crippen molar-refractivity contribution in [3.05, 3.63) is 90.1 Å². The van der Waals surface area contributed by atoms with Gasteiger partial charge in [-0.3, -0.25) is 9.40 Å². The van der Waals surface area contributed by atoms with Gasteiger partial charge in [-0.1, -0.05) is 60.7 Å². The molecule has 1 aliphatic rings. The topological polar surface area (TPSA) is 93.5 Å². The molecule has 2 heterocycles. The van der Waals surface area contributed by atoms with Crippen molar-refractivity contribution in [2.75, 3.05) is 11.3 Å². The molecule has 0 aliphatic carbocycles. The molecule has 0 unspecified atom stereocenters. The number of para-hydroxylation sites is 1. The first-order valence-electron chi connectivity index (χ1n) is 11.7. The Balaban J connectivity index is 1.38. The van der Waals surface area contributed by atoms with Crippen LogP contribution in [0.5, 0.6) is 5.75 Å². The van der Waals surface area contributed by atoms with Crippen LogP contribution in [-0.4, -0.2) is 35.4 Å². The third kappa shape index (κ3) is 4.99. The van der Waals surface area contributed by atoms with Crippen LogP contribution in [0.2, 0.25) is 0 Å². The summed E-state index contributed by atoms with van der Waals surface area (Å²) in [4.78, 5) is 0. The molecule has 0 bridgehead atoms. The number of anilines is 1. The number of nitrogens with one attached hydrogen (secondary N) is 1. The van der Waals surface area contributed by atoms with Crippen LogP contribution >= 0.6 is 0 Å². The average molecular weight is 544 g/mol. The number of rotatable bonds is 6. The van der Waals surface area contributed by atoms with Crippen molar-refractivity contribution in [1.29, 1.82) is 0 Å². The number of hydrogen-bond acceptors (Lipinski definition) is 5. The number of aliphatic hydroxyl groups excluding tert-OH is 1. The van der Waals surface area contributed by atoms with Gasteiger partial charge in [-0.2, -0.15) is 26.7 Å². The first-order chi connectivity index (χ1) is 18.0. The van der Waals surface area contributed by atoms with Gasteiger partial charge in [0.15, 0.2) is 0 Å². The van der Waals surface area contributed by atoms with Crippen molar-refractivity contribution in [1.82, 2.24) is 9.78 Å². The van der Waals surface area contributed by atoms with Crippen LogP contribution in [-0.2, 0) is 23.5 Å². The minimum Gasteiger partial charge on any atom is -0.493 e. The normalized spacial score (nSPS) is 17.5. The van der Waals surface area contributed by atoms with Gasteiger partial charge >= 0.3 is 15.5 Å². The van der Waals surface area contributed by atoms with Gasteiger partial charge in [-0.05, 0) is 30.2 Å². The van der Waals surface area contributed by atoms with Crippen molar-refractivity contribution in [3.8, 4) is 28.1 Å².